The van der Waals surface area contributed by atoms with Crippen LogP contribution in [0.25, 0.3) is 11.5 Å². The molecule has 0 aliphatic rings. The number of rotatable bonds is 5. The van der Waals surface area contributed by atoms with Crippen LogP contribution < -0.4 is 0 Å². The van der Waals surface area contributed by atoms with E-state index in [2.05, 4.69) is 15.2 Å². The molecule has 2 heterocycles. The van der Waals surface area contributed by atoms with Crippen molar-refractivity contribution in [3.8, 4) is 11.5 Å². The van der Waals surface area contributed by atoms with E-state index in [0.29, 0.717) is 16.7 Å². The first-order chi connectivity index (χ1) is 10.2. The van der Waals surface area contributed by atoms with Crippen LogP contribution in [0.2, 0.25) is 5.02 Å². The van der Waals surface area contributed by atoms with Gasteiger partial charge in [0.1, 0.15) is 6.26 Å². The van der Waals surface area contributed by atoms with Gasteiger partial charge in [0.25, 0.3) is 0 Å². The van der Waals surface area contributed by atoms with E-state index in [9.17, 15) is 0 Å². The summed E-state index contributed by atoms with van der Waals surface area (Å²) in [5.41, 5.74) is 1.75. The topological polar surface area (TPSA) is 51.8 Å². The van der Waals surface area contributed by atoms with Crippen molar-refractivity contribution in [2.24, 2.45) is 0 Å². The van der Waals surface area contributed by atoms with Crippen molar-refractivity contribution in [3.63, 3.8) is 0 Å². The van der Waals surface area contributed by atoms with Gasteiger partial charge in [0.15, 0.2) is 8.68 Å². The molecule has 0 aliphatic heterocycles. The number of benzene rings is 1. The molecule has 3 rings (SSSR count). The number of aromatic nitrogens is 3. The van der Waals surface area contributed by atoms with Crippen LogP contribution in [0.5, 0.6) is 0 Å². The molecular weight excluding hydrogens is 346 g/mol. The maximum atomic E-state index is 5.97. The van der Waals surface area contributed by atoms with Gasteiger partial charge in [-0.05, 0) is 24.5 Å². The molecule has 0 fully saturated rings. The summed E-state index contributed by atoms with van der Waals surface area (Å²) in [6.07, 6.45) is 3.66. The predicted molar refractivity (Wildman–Crippen MR) is 88.2 cm³/mol. The van der Waals surface area contributed by atoms with Crippen LogP contribution in [0.1, 0.15) is 5.69 Å². The molecule has 0 bridgehead atoms. The fourth-order valence-electron chi connectivity index (χ4n) is 1.60. The lowest BCUT2D eigenvalue weighted by molar-refractivity contribution is 0.573. The zero-order valence-corrected chi connectivity index (χ0v) is 14.2. The minimum atomic E-state index is 0.579. The molecule has 4 nitrogen and oxygen atoms in total. The van der Waals surface area contributed by atoms with Crippen molar-refractivity contribution in [2.75, 3.05) is 6.26 Å². The Morgan fingerprint density at radius 2 is 2.14 bits per heavy atom. The Hall–Kier alpha value is -1.02. The number of hydrogen-bond acceptors (Lipinski definition) is 7. The first-order valence-electron chi connectivity index (χ1n) is 5.95. The van der Waals surface area contributed by atoms with Gasteiger partial charge in [0.05, 0.1) is 5.69 Å². The van der Waals surface area contributed by atoms with Crippen molar-refractivity contribution < 1.29 is 4.42 Å². The fraction of sp³-hybridized carbons (Fsp3) is 0.154. The van der Waals surface area contributed by atoms with E-state index in [1.807, 2.05) is 30.5 Å². The summed E-state index contributed by atoms with van der Waals surface area (Å²) in [6, 6.07) is 7.45. The Labute approximate surface area is 139 Å². The second-order valence-electron chi connectivity index (χ2n) is 3.98. The lowest BCUT2D eigenvalue weighted by atomic mass is 10.2. The Kier molecular flexibility index (Phi) is 4.84. The van der Waals surface area contributed by atoms with Crippen molar-refractivity contribution in [1.29, 1.82) is 0 Å². The average Bonchev–Trinajstić information content (AvgIpc) is 3.14. The monoisotopic (exact) mass is 355 g/mol. The lowest BCUT2D eigenvalue weighted by Crippen LogP contribution is -1.82. The van der Waals surface area contributed by atoms with E-state index < -0.39 is 0 Å². The molecule has 8 heteroatoms. The summed E-state index contributed by atoms with van der Waals surface area (Å²) in [6.45, 7) is 0. The summed E-state index contributed by atoms with van der Waals surface area (Å²) < 4.78 is 7.41. The summed E-state index contributed by atoms with van der Waals surface area (Å²) in [5.74, 6) is 1.28. The molecule has 0 saturated heterocycles. The molecular formula is C13H10ClN3OS3. The molecule has 0 saturated carbocycles. The SMILES string of the molecule is CSc1nnc(SCc2coc(-c3cccc(Cl)c3)n2)s1. The van der Waals surface area contributed by atoms with Gasteiger partial charge in [-0.3, -0.25) is 0 Å². The maximum absolute atomic E-state index is 5.97. The van der Waals surface area contributed by atoms with Crippen molar-refractivity contribution in [3.05, 3.63) is 41.2 Å². The molecule has 108 valence electrons. The van der Waals surface area contributed by atoms with Crippen LogP contribution in [-0.4, -0.2) is 21.4 Å². The van der Waals surface area contributed by atoms with E-state index in [1.165, 1.54) is 0 Å². The van der Waals surface area contributed by atoms with Crippen LogP contribution >= 0.6 is 46.5 Å². The summed E-state index contributed by atoms with van der Waals surface area (Å²) in [4.78, 5) is 4.47. The third-order valence-corrected chi connectivity index (χ3v) is 5.83. The van der Waals surface area contributed by atoms with E-state index in [-0.39, 0.29) is 0 Å². The number of nitrogens with zero attached hydrogens (tertiary/aromatic N) is 3. The third kappa shape index (κ3) is 3.79. The van der Waals surface area contributed by atoms with E-state index in [4.69, 9.17) is 16.0 Å². The van der Waals surface area contributed by atoms with Crippen molar-refractivity contribution in [1.82, 2.24) is 15.2 Å². The second-order valence-corrected chi connectivity index (χ2v) is 7.67. The Morgan fingerprint density at radius 1 is 1.29 bits per heavy atom. The molecule has 3 aromatic rings. The van der Waals surface area contributed by atoms with E-state index in [0.717, 1.165) is 19.9 Å². The molecule has 0 atom stereocenters. The predicted octanol–water partition coefficient (Wildman–Crippen LogP) is 4.86. The Bertz CT molecular complexity index is 744. The highest BCUT2D eigenvalue weighted by Crippen LogP contribution is 2.30. The van der Waals surface area contributed by atoms with Gasteiger partial charge in [0.2, 0.25) is 5.89 Å². The normalized spacial score (nSPS) is 11.0. The zero-order valence-electron chi connectivity index (χ0n) is 10.9. The molecule has 1 aromatic carbocycles. The van der Waals surface area contributed by atoms with Crippen LogP contribution in [0.4, 0.5) is 0 Å². The fourth-order valence-corrected chi connectivity index (χ4v) is 4.11. The highest BCUT2D eigenvalue weighted by Gasteiger charge is 2.09. The number of halogens is 1. The maximum Gasteiger partial charge on any atom is 0.226 e. The summed E-state index contributed by atoms with van der Waals surface area (Å²) in [7, 11) is 0. The highest BCUT2D eigenvalue weighted by atomic mass is 35.5. The molecule has 0 N–H and O–H groups in total. The van der Waals surface area contributed by atoms with Gasteiger partial charge in [-0.1, -0.05) is 52.5 Å². The molecule has 21 heavy (non-hydrogen) atoms. The van der Waals surface area contributed by atoms with Crippen LogP contribution in [0.3, 0.4) is 0 Å². The number of hydrogen-bond donors (Lipinski definition) is 0. The van der Waals surface area contributed by atoms with Gasteiger partial charge >= 0.3 is 0 Å². The van der Waals surface area contributed by atoms with Gasteiger partial charge in [-0.2, -0.15) is 0 Å². The molecule has 0 spiro atoms. The van der Waals surface area contributed by atoms with Crippen LogP contribution in [-0.2, 0) is 5.75 Å². The highest BCUT2D eigenvalue weighted by molar-refractivity contribution is 8.02. The number of oxazole rings is 1. The summed E-state index contributed by atoms with van der Waals surface area (Å²) in [5, 5.41) is 8.84. The smallest absolute Gasteiger partial charge is 0.226 e. The number of thioether (sulfide) groups is 2. The van der Waals surface area contributed by atoms with Crippen molar-refractivity contribution in [2.45, 2.75) is 14.4 Å². The van der Waals surface area contributed by atoms with Crippen molar-refractivity contribution >= 4 is 46.5 Å². The standard InChI is InChI=1S/C13H10ClN3OS3/c1-19-12-16-17-13(21-12)20-7-10-6-18-11(15-10)8-3-2-4-9(14)5-8/h2-6H,7H2,1H3. The van der Waals surface area contributed by atoms with Gasteiger partial charge in [-0.15, -0.1) is 10.2 Å². The quantitative estimate of drug-likeness (QED) is 0.609. The Morgan fingerprint density at radius 3 is 2.90 bits per heavy atom. The lowest BCUT2D eigenvalue weighted by Gasteiger charge is -1.95. The Balaban J connectivity index is 1.67. The van der Waals surface area contributed by atoms with Crippen LogP contribution in [0.15, 0.2) is 43.6 Å². The largest absolute Gasteiger partial charge is 0.444 e. The average molecular weight is 356 g/mol. The minimum absolute atomic E-state index is 0.579. The van der Waals surface area contributed by atoms with Crippen LogP contribution in [0, 0.1) is 0 Å². The van der Waals surface area contributed by atoms with Gasteiger partial charge in [-0.25, -0.2) is 4.98 Å². The minimum Gasteiger partial charge on any atom is -0.444 e. The molecule has 0 aliphatic carbocycles. The van der Waals surface area contributed by atoms with Gasteiger partial charge in [0, 0.05) is 16.3 Å². The van der Waals surface area contributed by atoms with Gasteiger partial charge < -0.3 is 4.42 Å². The molecule has 0 radical (unpaired) electrons. The summed E-state index contributed by atoms with van der Waals surface area (Å²) >= 11 is 10.8. The van der Waals surface area contributed by atoms with E-state index >= 15 is 0 Å². The molecule has 0 amide bonds. The first kappa shape index (κ1) is 14.9. The zero-order chi connectivity index (χ0) is 14.7. The third-order valence-electron chi connectivity index (χ3n) is 2.53. The van der Waals surface area contributed by atoms with E-state index in [1.54, 1.807) is 41.1 Å². The molecule has 2 aromatic heterocycles. The first-order valence-corrected chi connectivity index (χ1v) is 9.36. The second kappa shape index (κ2) is 6.83. The molecule has 0 unspecified atom stereocenters.